The number of nitrogens with one attached hydrogen (secondary N) is 3. The Morgan fingerprint density at radius 1 is 1.14 bits per heavy atom. The number of aryl methyl sites for hydroxylation is 1. The van der Waals surface area contributed by atoms with Gasteiger partial charge in [-0.2, -0.15) is 0 Å². The summed E-state index contributed by atoms with van der Waals surface area (Å²) in [5, 5.41) is 7.45. The zero-order valence-corrected chi connectivity index (χ0v) is 18.6. The van der Waals surface area contributed by atoms with E-state index in [1.54, 1.807) is 18.5 Å². The largest absolute Gasteiger partial charge is 0.361 e. The van der Waals surface area contributed by atoms with E-state index in [1.165, 1.54) is 17.0 Å². The number of hydrogen-bond acceptors (Lipinski definition) is 4. The van der Waals surface area contributed by atoms with E-state index in [4.69, 9.17) is 0 Å². The van der Waals surface area contributed by atoms with Crippen LogP contribution in [0.1, 0.15) is 11.1 Å². The van der Waals surface area contributed by atoms with Crippen molar-refractivity contribution in [3.63, 3.8) is 0 Å². The lowest BCUT2D eigenvalue weighted by atomic mass is 10.1. The van der Waals surface area contributed by atoms with E-state index >= 15 is 0 Å². The van der Waals surface area contributed by atoms with E-state index in [9.17, 15) is 4.39 Å². The van der Waals surface area contributed by atoms with Crippen LogP contribution in [0.5, 0.6) is 0 Å². The van der Waals surface area contributed by atoms with Gasteiger partial charge in [-0.1, -0.05) is 12.1 Å². The van der Waals surface area contributed by atoms with Gasteiger partial charge in [0.15, 0.2) is 0 Å². The highest BCUT2D eigenvalue weighted by molar-refractivity contribution is 9.10. The van der Waals surface area contributed by atoms with Gasteiger partial charge in [-0.25, -0.2) is 4.39 Å². The molecule has 0 atom stereocenters. The number of fused-ring (bicyclic) bond motifs is 1. The van der Waals surface area contributed by atoms with Crippen molar-refractivity contribution in [2.45, 2.75) is 18.4 Å². The maximum Gasteiger partial charge on any atom is 0.146 e. The van der Waals surface area contributed by atoms with Crippen molar-refractivity contribution in [2.75, 3.05) is 12.4 Å². The summed E-state index contributed by atoms with van der Waals surface area (Å²) in [7, 11) is 1.93. The molecule has 7 heteroatoms. The number of thiol groups is 1. The van der Waals surface area contributed by atoms with Crippen LogP contribution in [0.15, 0.2) is 70.4 Å². The van der Waals surface area contributed by atoms with Crippen LogP contribution >= 0.6 is 28.6 Å². The number of hydrogen-bond donors (Lipinski definition) is 4. The summed E-state index contributed by atoms with van der Waals surface area (Å²) in [5.74, 6) is -0.238. The molecule has 0 amide bonds. The number of rotatable bonds is 4. The van der Waals surface area contributed by atoms with Crippen molar-refractivity contribution in [1.82, 2.24) is 15.3 Å². The van der Waals surface area contributed by atoms with Crippen molar-refractivity contribution in [2.24, 2.45) is 0 Å². The van der Waals surface area contributed by atoms with Crippen LogP contribution < -0.4 is 10.6 Å². The van der Waals surface area contributed by atoms with Gasteiger partial charge < -0.3 is 15.6 Å². The Bertz CT molecular complexity index is 1100. The Labute approximate surface area is 183 Å². The number of aromatic amines is 1. The predicted molar refractivity (Wildman–Crippen MR) is 125 cm³/mol. The summed E-state index contributed by atoms with van der Waals surface area (Å²) >= 11 is 7.31. The Morgan fingerprint density at radius 2 is 1.97 bits per heavy atom. The molecule has 0 saturated carbocycles. The highest BCUT2D eigenvalue weighted by Crippen LogP contribution is 2.26. The maximum atomic E-state index is 13.9. The van der Waals surface area contributed by atoms with E-state index in [0.717, 1.165) is 32.7 Å². The standard InChI is InChI=1S/C17H18FN3.C5H4BrNS/c1-11-3-6-16(15(18)7-11)21-13-4-5-14-12(9-19-2)10-20-17(14)8-13;6-4-1-5(8)3-7-2-4/h3-8,10,19-21H,9H2,1-2H3;1-3,8H. The molecule has 2 aromatic heterocycles. The summed E-state index contributed by atoms with van der Waals surface area (Å²) in [5.41, 5.74) is 4.53. The van der Waals surface area contributed by atoms with Gasteiger partial charge >= 0.3 is 0 Å². The van der Waals surface area contributed by atoms with Crippen molar-refractivity contribution in [3.8, 4) is 0 Å². The topological polar surface area (TPSA) is 52.7 Å². The van der Waals surface area contributed by atoms with E-state index in [-0.39, 0.29) is 5.82 Å². The van der Waals surface area contributed by atoms with Gasteiger partial charge in [-0.3, -0.25) is 4.98 Å². The summed E-state index contributed by atoms with van der Waals surface area (Å²) in [6.45, 7) is 2.69. The smallest absolute Gasteiger partial charge is 0.146 e. The van der Waals surface area contributed by atoms with E-state index < -0.39 is 0 Å². The molecule has 3 N–H and O–H groups in total. The van der Waals surface area contributed by atoms with Gasteiger partial charge in [0.1, 0.15) is 5.82 Å². The Morgan fingerprint density at radius 3 is 2.62 bits per heavy atom. The van der Waals surface area contributed by atoms with Gasteiger partial charge in [0.25, 0.3) is 0 Å². The second-order valence-corrected chi connectivity index (χ2v) is 8.01. The summed E-state index contributed by atoms with van der Waals surface area (Å²) < 4.78 is 14.8. The van der Waals surface area contributed by atoms with Gasteiger partial charge in [0, 0.05) is 51.1 Å². The zero-order chi connectivity index (χ0) is 20.8. The molecule has 0 aliphatic rings. The van der Waals surface area contributed by atoms with Crippen LogP contribution in [0.25, 0.3) is 10.9 Å². The minimum Gasteiger partial charge on any atom is -0.361 e. The molecule has 0 radical (unpaired) electrons. The molecule has 2 aromatic carbocycles. The molecule has 2 heterocycles. The molecule has 0 aliphatic heterocycles. The molecule has 150 valence electrons. The van der Waals surface area contributed by atoms with Crippen molar-refractivity contribution in [3.05, 3.63) is 82.5 Å². The first-order valence-corrected chi connectivity index (χ1v) is 10.3. The van der Waals surface area contributed by atoms with Crippen molar-refractivity contribution in [1.29, 1.82) is 0 Å². The molecule has 0 saturated heterocycles. The molecule has 4 nitrogen and oxygen atoms in total. The second-order valence-electron chi connectivity index (χ2n) is 6.57. The van der Waals surface area contributed by atoms with Gasteiger partial charge in [-0.05, 0) is 71.4 Å². The number of aromatic nitrogens is 2. The molecule has 0 spiro atoms. The van der Waals surface area contributed by atoms with Gasteiger partial charge in [0.2, 0.25) is 0 Å². The molecule has 4 aromatic rings. The van der Waals surface area contributed by atoms with Crippen LogP contribution in [0.2, 0.25) is 0 Å². The molecule has 4 rings (SSSR count). The number of nitrogens with zero attached hydrogens (tertiary/aromatic N) is 1. The zero-order valence-electron chi connectivity index (χ0n) is 16.1. The first kappa shape index (κ1) is 21.4. The lowest BCUT2D eigenvalue weighted by Crippen LogP contribution is -2.03. The van der Waals surface area contributed by atoms with E-state index in [0.29, 0.717) is 5.69 Å². The number of benzene rings is 2. The van der Waals surface area contributed by atoms with E-state index in [2.05, 4.69) is 49.2 Å². The SMILES string of the molecule is CNCc1c[nH]c2cc(Nc3ccc(C)cc3F)ccc12.Sc1cncc(Br)c1. The lowest BCUT2D eigenvalue weighted by molar-refractivity contribution is 0.631. The summed E-state index contributed by atoms with van der Waals surface area (Å²) in [4.78, 5) is 7.98. The van der Waals surface area contributed by atoms with Gasteiger partial charge in [0.05, 0.1) is 5.69 Å². The number of halogens is 2. The highest BCUT2D eigenvalue weighted by atomic mass is 79.9. The lowest BCUT2D eigenvalue weighted by Gasteiger charge is -2.08. The fourth-order valence-corrected chi connectivity index (χ4v) is 3.63. The molecule has 29 heavy (non-hydrogen) atoms. The average molecular weight is 473 g/mol. The minimum absolute atomic E-state index is 0.238. The van der Waals surface area contributed by atoms with Crippen LogP contribution in [-0.4, -0.2) is 17.0 Å². The maximum absolute atomic E-state index is 13.9. The molecular formula is C22H22BrFN4S. The summed E-state index contributed by atoms with van der Waals surface area (Å²) in [6.07, 6.45) is 5.41. The minimum atomic E-state index is -0.238. The van der Waals surface area contributed by atoms with Crippen molar-refractivity contribution < 1.29 is 4.39 Å². The monoisotopic (exact) mass is 472 g/mol. The Balaban J connectivity index is 0.000000252. The third-order valence-electron chi connectivity index (χ3n) is 4.23. The molecular weight excluding hydrogens is 451 g/mol. The normalized spacial score (nSPS) is 10.5. The molecule has 0 bridgehead atoms. The Hall–Kier alpha value is -2.35. The fraction of sp³-hybridized carbons (Fsp3) is 0.136. The number of H-pyrrole nitrogens is 1. The number of anilines is 2. The van der Waals surface area contributed by atoms with E-state index in [1.807, 2.05) is 50.5 Å². The third kappa shape index (κ3) is 5.82. The van der Waals surface area contributed by atoms with Crippen molar-refractivity contribution >= 4 is 50.8 Å². The third-order valence-corrected chi connectivity index (χ3v) is 4.91. The highest BCUT2D eigenvalue weighted by Gasteiger charge is 2.06. The molecule has 0 aliphatic carbocycles. The first-order valence-electron chi connectivity index (χ1n) is 9.03. The van der Waals surface area contributed by atoms with Gasteiger partial charge in [-0.15, -0.1) is 12.6 Å². The fourth-order valence-electron chi connectivity index (χ4n) is 2.88. The number of pyridine rings is 1. The quantitative estimate of drug-likeness (QED) is 0.267. The van der Waals surface area contributed by atoms with Crippen LogP contribution in [0.3, 0.4) is 0 Å². The Kier molecular flexibility index (Phi) is 7.30. The summed E-state index contributed by atoms with van der Waals surface area (Å²) in [6, 6.07) is 13.1. The van der Waals surface area contributed by atoms with Crippen LogP contribution in [0.4, 0.5) is 15.8 Å². The first-order chi connectivity index (χ1) is 14.0. The molecule has 0 fully saturated rings. The van der Waals surface area contributed by atoms with Crippen LogP contribution in [0, 0.1) is 12.7 Å². The van der Waals surface area contributed by atoms with Crippen LogP contribution in [-0.2, 0) is 6.54 Å². The molecule has 0 unspecified atom stereocenters. The predicted octanol–water partition coefficient (Wildman–Crippen LogP) is 6.21. The second kappa shape index (κ2) is 9.91. The average Bonchev–Trinajstić information content (AvgIpc) is 3.07.